The molecule has 0 heterocycles. The molecule has 0 aliphatic heterocycles. The molecule has 84 valence electrons. The molecule has 0 radical (unpaired) electrons. The lowest BCUT2D eigenvalue weighted by molar-refractivity contribution is -0.138. The van der Waals surface area contributed by atoms with Gasteiger partial charge in [0.2, 0.25) is 0 Å². The van der Waals surface area contributed by atoms with Gasteiger partial charge in [-0.05, 0) is 28.1 Å². The average Bonchev–Trinajstić information content (AvgIpc) is 2.14. The molecule has 0 spiro atoms. The number of nitriles is 1. The Morgan fingerprint density at radius 2 is 2.00 bits per heavy atom. The van der Waals surface area contributed by atoms with E-state index in [1.807, 2.05) is 0 Å². The van der Waals surface area contributed by atoms with Crippen LogP contribution in [0.5, 0.6) is 0 Å². The van der Waals surface area contributed by atoms with E-state index in [0.717, 1.165) is 6.07 Å². The van der Waals surface area contributed by atoms with Crippen LogP contribution in [0, 0.1) is 11.3 Å². The van der Waals surface area contributed by atoms with Gasteiger partial charge in [0.1, 0.15) is 6.07 Å². The molecule has 0 aromatic heterocycles. The fourth-order valence-corrected chi connectivity index (χ4v) is 1.74. The summed E-state index contributed by atoms with van der Waals surface area (Å²) in [5, 5.41) is 17.3. The Balaban J connectivity index is 3.55. The minimum absolute atomic E-state index is 0.470. The minimum atomic E-state index is -4.64. The quantitative estimate of drug-likeness (QED) is 0.866. The molecule has 0 fully saturated rings. The van der Waals surface area contributed by atoms with Crippen molar-refractivity contribution in [3.63, 3.8) is 0 Å². The molecular formula is C9H3BrF3NO2. The topological polar surface area (TPSA) is 61.1 Å². The van der Waals surface area contributed by atoms with Gasteiger partial charge in [-0.1, -0.05) is 0 Å². The first kappa shape index (κ1) is 12.5. The summed E-state index contributed by atoms with van der Waals surface area (Å²) >= 11 is 2.59. The lowest BCUT2D eigenvalue weighted by Gasteiger charge is -2.11. The van der Waals surface area contributed by atoms with E-state index in [1.165, 1.54) is 6.07 Å². The van der Waals surface area contributed by atoms with Gasteiger partial charge in [-0.2, -0.15) is 18.4 Å². The van der Waals surface area contributed by atoms with E-state index in [0.29, 0.717) is 6.07 Å². The van der Waals surface area contributed by atoms with Gasteiger partial charge in [-0.25, -0.2) is 4.79 Å². The third-order valence-corrected chi connectivity index (χ3v) is 2.61. The lowest BCUT2D eigenvalue weighted by Crippen LogP contribution is -2.10. The second-order valence-corrected chi connectivity index (χ2v) is 3.56. The summed E-state index contributed by atoms with van der Waals surface area (Å²) in [6, 6.07) is 2.81. The third-order valence-electron chi connectivity index (χ3n) is 1.79. The first-order valence-electron chi connectivity index (χ1n) is 3.82. The zero-order valence-corrected chi connectivity index (χ0v) is 9.06. The van der Waals surface area contributed by atoms with Gasteiger partial charge in [0.25, 0.3) is 0 Å². The van der Waals surface area contributed by atoms with Crippen LogP contribution in [0.4, 0.5) is 13.2 Å². The molecule has 0 unspecified atom stereocenters. The number of benzene rings is 1. The fourth-order valence-electron chi connectivity index (χ4n) is 1.08. The van der Waals surface area contributed by atoms with E-state index in [4.69, 9.17) is 10.4 Å². The molecule has 3 nitrogen and oxygen atoms in total. The SMILES string of the molecule is N#Cc1c(C(=O)O)ccc(C(F)(F)F)c1Br. The summed E-state index contributed by atoms with van der Waals surface area (Å²) in [5.41, 5.74) is -2.08. The van der Waals surface area contributed by atoms with Crippen LogP contribution >= 0.6 is 15.9 Å². The number of aromatic carboxylic acids is 1. The highest BCUT2D eigenvalue weighted by Gasteiger charge is 2.35. The number of carboxylic acid groups (broad SMARTS) is 1. The van der Waals surface area contributed by atoms with Crippen LogP contribution in [-0.4, -0.2) is 11.1 Å². The van der Waals surface area contributed by atoms with Crippen LogP contribution in [-0.2, 0) is 6.18 Å². The highest BCUT2D eigenvalue weighted by atomic mass is 79.9. The van der Waals surface area contributed by atoms with E-state index >= 15 is 0 Å². The molecule has 0 amide bonds. The van der Waals surface area contributed by atoms with Crippen molar-refractivity contribution in [1.82, 2.24) is 0 Å². The van der Waals surface area contributed by atoms with Crippen molar-refractivity contribution in [3.05, 3.63) is 33.3 Å². The molecular weight excluding hydrogens is 291 g/mol. The molecule has 0 aliphatic carbocycles. The summed E-state index contributed by atoms with van der Waals surface area (Å²) in [4.78, 5) is 10.6. The van der Waals surface area contributed by atoms with Crippen molar-refractivity contribution in [3.8, 4) is 6.07 Å². The number of carboxylic acids is 1. The van der Waals surface area contributed by atoms with E-state index in [9.17, 15) is 18.0 Å². The number of hydrogen-bond donors (Lipinski definition) is 1. The second kappa shape index (κ2) is 4.14. The van der Waals surface area contributed by atoms with E-state index in [1.54, 1.807) is 0 Å². The predicted octanol–water partition coefficient (Wildman–Crippen LogP) is 3.04. The number of nitrogens with zero attached hydrogens (tertiary/aromatic N) is 1. The monoisotopic (exact) mass is 293 g/mol. The van der Waals surface area contributed by atoms with Gasteiger partial charge in [0.05, 0.1) is 16.7 Å². The van der Waals surface area contributed by atoms with Gasteiger partial charge >= 0.3 is 12.1 Å². The third kappa shape index (κ3) is 2.17. The molecule has 0 bridgehead atoms. The van der Waals surface area contributed by atoms with Crippen molar-refractivity contribution < 1.29 is 23.1 Å². The first-order chi connectivity index (χ1) is 7.29. The molecule has 1 aromatic rings. The second-order valence-electron chi connectivity index (χ2n) is 2.76. The van der Waals surface area contributed by atoms with Crippen LogP contribution in [0.3, 0.4) is 0 Å². The van der Waals surface area contributed by atoms with E-state index in [2.05, 4.69) is 15.9 Å². The van der Waals surface area contributed by atoms with Crippen molar-refractivity contribution in [2.24, 2.45) is 0 Å². The van der Waals surface area contributed by atoms with Gasteiger partial charge in [0.15, 0.2) is 0 Å². The molecule has 1 aromatic carbocycles. The molecule has 0 saturated carbocycles. The summed E-state index contributed by atoms with van der Waals surface area (Å²) in [7, 11) is 0. The zero-order valence-electron chi connectivity index (χ0n) is 7.47. The molecule has 7 heteroatoms. The van der Waals surface area contributed by atoms with Crippen LogP contribution in [0.2, 0.25) is 0 Å². The summed E-state index contributed by atoms with van der Waals surface area (Å²) in [6.45, 7) is 0. The molecule has 0 atom stereocenters. The number of halogens is 4. The highest BCUT2D eigenvalue weighted by molar-refractivity contribution is 9.10. The highest BCUT2D eigenvalue weighted by Crippen LogP contribution is 2.37. The number of alkyl halides is 3. The van der Waals surface area contributed by atoms with Gasteiger partial charge in [0, 0.05) is 4.47 Å². The Kier molecular flexibility index (Phi) is 3.24. The van der Waals surface area contributed by atoms with Crippen LogP contribution in [0.1, 0.15) is 21.5 Å². The molecule has 1 N–H and O–H groups in total. The maximum absolute atomic E-state index is 12.4. The Hall–Kier alpha value is -1.55. The largest absolute Gasteiger partial charge is 0.478 e. The Labute approximate surface area is 96.2 Å². The lowest BCUT2D eigenvalue weighted by atomic mass is 10.0. The van der Waals surface area contributed by atoms with Crippen LogP contribution in [0.15, 0.2) is 16.6 Å². The average molecular weight is 294 g/mol. The summed E-state index contributed by atoms with van der Waals surface area (Å²) < 4.78 is 36.7. The fraction of sp³-hybridized carbons (Fsp3) is 0.111. The number of hydrogen-bond acceptors (Lipinski definition) is 2. The van der Waals surface area contributed by atoms with Crippen LogP contribution < -0.4 is 0 Å². The van der Waals surface area contributed by atoms with E-state index in [-0.39, 0.29) is 0 Å². The zero-order chi connectivity index (χ0) is 12.5. The van der Waals surface area contributed by atoms with E-state index < -0.39 is 33.3 Å². The number of rotatable bonds is 1. The summed E-state index contributed by atoms with van der Waals surface area (Å²) in [6.07, 6.45) is -4.64. The normalized spacial score (nSPS) is 10.9. The van der Waals surface area contributed by atoms with Gasteiger partial charge in [-0.15, -0.1) is 0 Å². The maximum Gasteiger partial charge on any atom is 0.417 e. The van der Waals surface area contributed by atoms with Crippen molar-refractivity contribution in [1.29, 1.82) is 5.26 Å². The van der Waals surface area contributed by atoms with Crippen molar-refractivity contribution >= 4 is 21.9 Å². The Morgan fingerprint density at radius 3 is 2.38 bits per heavy atom. The Bertz CT molecular complexity index is 491. The van der Waals surface area contributed by atoms with Crippen molar-refractivity contribution in [2.45, 2.75) is 6.18 Å². The smallest absolute Gasteiger partial charge is 0.417 e. The predicted molar refractivity (Wildman–Crippen MR) is 50.8 cm³/mol. The molecule has 16 heavy (non-hydrogen) atoms. The van der Waals surface area contributed by atoms with Crippen LogP contribution in [0.25, 0.3) is 0 Å². The molecule has 0 aliphatic rings. The minimum Gasteiger partial charge on any atom is -0.478 e. The Morgan fingerprint density at radius 1 is 1.44 bits per heavy atom. The summed E-state index contributed by atoms with van der Waals surface area (Å²) in [5.74, 6) is -1.45. The van der Waals surface area contributed by atoms with Gasteiger partial charge in [-0.3, -0.25) is 0 Å². The standard InChI is InChI=1S/C9H3BrF3NO2/c10-7-5(3-14)4(8(15)16)1-2-6(7)9(11,12)13/h1-2H,(H,15,16). The first-order valence-corrected chi connectivity index (χ1v) is 4.61. The number of carbonyl (C=O) groups is 1. The molecule has 1 rings (SSSR count). The van der Waals surface area contributed by atoms with Crippen molar-refractivity contribution in [2.75, 3.05) is 0 Å². The van der Waals surface area contributed by atoms with Gasteiger partial charge < -0.3 is 5.11 Å². The maximum atomic E-state index is 12.4. The molecule has 0 saturated heterocycles.